The van der Waals surface area contributed by atoms with E-state index in [1.54, 1.807) is 11.6 Å². The van der Waals surface area contributed by atoms with Gasteiger partial charge < -0.3 is 9.94 Å². The summed E-state index contributed by atoms with van der Waals surface area (Å²) in [5.74, 6) is 4.39. The molecule has 0 aromatic heterocycles. The van der Waals surface area contributed by atoms with Crippen LogP contribution in [0.5, 0.6) is 0 Å². The fourth-order valence-electron chi connectivity index (χ4n) is 8.31. The molecule has 5 aliphatic carbocycles. The minimum Gasteiger partial charge on any atom is -0.451 e. The lowest BCUT2D eigenvalue weighted by Crippen LogP contribution is -2.54. The Labute approximate surface area is 167 Å². The first-order valence-electron chi connectivity index (χ1n) is 11.4. The van der Waals surface area contributed by atoms with Crippen molar-refractivity contribution < 1.29 is 14.7 Å². The second kappa shape index (κ2) is 5.73. The Kier molecular flexibility index (Phi) is 3.54. The number of fused-ring (bicyclic) bond motifs is 6. The van der Waals surface area contributed by atoms with E-state index in [9.17, 15) is 10.0 Å². The maximum Gasteiger partial charge on any atom is 0.331 e. The van der Waals surface area contributed by atoms with Gasteiger partial charge in [-0.3, -0.25) is 0 Å². The molecule has 0 radical (unpaired) electrons. The Morgan fingerprint density at radius 1 is 1.14 bits per heavy atom. The summed E-state index contributed by atoms with van der Waals surface area (Å²) in [6.07, 6.45) is 16.7. The number of oxime groups is 1. The van der Waals surface area contributed by atoms with E-state index < -0.39 is 0 Å². The van der Waals surface area contributed by atoms with Crippen LogP contribution < -0.4 is 0 Å². The summed E-state index contributed by atoms with van der Waals surface area (Å²) in [5, 5.41) is 12.8. The van der Waals surface area contributed by atoms with Gasteiger partial charge in [-0.1, -0.05) is 17.7 Å². The summed E-state index contributed by atoms with van der Waals surface area (Å²) < 4.78 is 6.00. The molecule has 150 valence electrons. The van der Waals surface area contributed by atoms with Crippen molar-refractivity contribution in [3.05, 3.63) is 23.8 Å². The van der Waals surface area contributed by atoms with E-state index in [0.717, 1.165) is 48.6 Å². The van der Waals surface area contributed by atoms with Crippen molar-refractivity contribution in [2.45, 2.75) is 70.3 Å². The maximum absolute atomic E-state index is 12.0. The molecule has 7 atom stereocenters. The Hall–Kier alpha value is -1.58. The van der Waals surface area contributed by atoms with Gasteiger partial charge in [0.2, 0.25) is 0 Å². The minimum absolute atomic E-state index is 0.0948. The molecule has 1 aliphatic heterocycles. The molecule has 1 heterocycles. The van der Waals surface area contributed by atoms with Gasteiger partial charge in [0, 0.05) is 11.5 Å². The molecule has 4 saturated carbocycles. The van der Waals surface area contributed by atoms with Crippen LogP contribution in [0.25, 0.3) is 0 Å². The van der Waals surface area contributed by atoms with Crippen LogP contribution in [0, 0.1) is 40.9 Å². The molecule has 4 heteroatoms. The molecule has 6 aliphatic rings. The van der Waals surface area contributed by atoms with Crippen molar-refractivity contribution in [3.8, 4) is 0 Å². The van der Waals surface area contributed by atoms with Gasteiger partial charge in [0.05, 0.1) is 5.71 Å². The number of esters is 1. The lowest BCUT2D eigenvalue weighted by atomic mass is 9.47. The number of allylic oxidation sites excluding steroid dienone is 2. The van der Waals surface area contributed by atoms with Gasteiger partial charge in [0.25, 0.3) is 0 Å². The highest BCUT2D eigenvalue weighted by Gasteiger charge is 2.66. The average Bonchev–Trinajstić information content (AvgIpc) is 3.42. The Balaban J connectivity index is 1.39. The van der Waals surface area contributed by atoms with Gasteiger partial charge >= 0.3 is 5.97 Å². The third kappa shape index (κ3) is 2.18. The van der Waals surface area contributed by atoms with Crippen LogP contribution in [0.3, 0.4) is 0 Å². The van der Waals surface area contributed by atoms with Crippen LogP contribution in [-0.2, 0) is 9.53 Å². The number of carbonyl (C=O) groups is 1. The molecular formula is C24H31NO3. The Bertz CT molecular complexity index is 809. The van der Waals surface area contributed by atoms with Gasteiger partial charge in [0.1, 0.15) is 5.60 Å². The SMILES string of the molecule is C[C@]12CCC3C(C(C4CC4)CC4=CC(=NO)CC[C@@H]43)C1CC[C@@]21C=CC(=O)O1. The van der Waals surface area contributed by atoms with Gasteiger partial charge in [-0.25, -0.2) is 4.79 Å². The molecule has 0 aromatic rings. The van der Waals surface area contributed by atoms with E-state index in [1.165, 1.54) is 38.5 Å². The lowest BCUT2D eigenvalue weighted by Gasteiger charge is -2.58. The molecule has 4 nitrogen and oxygen atoms in total. The summed E-state index contributed by atoms with van der Waals surface area (Å²) in [5.41, 5.74) is 2.20. The van der Waals surface area contributed by atoms with E-state index in [1.807, 2.05) is 0 Å². The largest absolute Gasteiger partial charge is 0.451 e. The topological polar surface area (TPSA) is 58.9 Å². The predicted octanol–water partition coefficient (Wildman–Crippen LogP) is 4.88. The molecule has 1 spiro atoms. The number of nitrogens with zero attached hydrogens (tertiary/aromatic N) is 1. The quantitative estimate of drug-likeness (QED) is 0.400. The Morgan fingerprint density at radius 2 is 2.00 bits per heavy atom. The molecule has 4 fully saturated rings. The highest BCUT2D eigenvalue weighted by Crippen LogP contribution is 2.69. The zero-order valence-corrected chi connectivity index (χ0v) is 16.8. The zero-order chi connectivity index (χ0) is 19.1. The highest BCUT2D eigenvalue weighted by atomic mass is 16.6. The Morgan fingerprint density at radius 3 is 2.71 bits per heavy atom. The van der Waals surface area contributed by atoms with E-state index in [4.69, 9.17) is 4.74 Å². The van der Waals surface area contributed by atoms with E-state index in [-0.39, 0.29) is 17.0 Å². The van der Waals surface area contributed by atoms with Crippen LogP contribution in [0.15, 0.2) is 29.0 Å². The summed E-state index contributed by atoms with van der Waals surface area (Å²) in [6, 6.07) is 0. The average molecular weight is 382 g/mol. The molecular weight excluding hydrogens is 350 g/mol. The molecule has 0 bridgehead atoms. The van der Waals surface area contributed by atoms with E-state index in [2.05, 4.69) is 24.2 Å². The maximum atomic E-state index is 12.0. The first kappa shape index (κ1) is 17.3. The summed E-state index contributed by atoms with van der Waals surface area (Å²) in [4.78, 5) is 12.0. The van der Waals surface area contributed by atoms with Gasteiger partial charge in [-0.15, -0.1) is 0 Å². The number of hydrogen-bond acceptors (Lipinski definition) is 4. The van der Waals surface area contributed by atoms with Crippen LogP contribution in [0.2, 0.25) is 0 Å². The van der Waals surface area contributed by atoms with Gasteiger partial charge in [-0.05, 0) is 105 Å². The van der Waals surface area contributed by atoms with Crippen molar-refractivity contribution in [1.29, 1.82) is 0 Å². The third-order valence-electron chi connectivity index (χ3n) is 9.72. The fraction of sp³-hybridized carbons (Fsp3) is 0.750. The third-order valence-corrected chi connectivity index (χ3v) is 9.72. The number of rotatable bonds is 1. The fourth-order valence-corrected chi connectivity index (χ4v) is 8.31. The lowest BCUT2D eigenvalue weighted by molar-refractivity contribution is -0.163. The van der Waals surface area contributed by atoms with Crippen molar-refractivity contribution in [3.63, 3.8) is 0 Å². The van der Waals surface area contributed by atoms with Crippen molar-refractivity contribution in [2.24, 2.45) is 46.1 Å². The number of carbonyl (C=O) groups excluding carboxylic acids is 1. The van der Waals surface area contributed by atoms with E-state index in [0.29, 0.717) is 11.8 Å². The molecule has 6 rings (SSSR count). The second-order valence-electron chi connectivity index (χ2n) is 10.6. The van der Waals surface area contributed by atoms with Gasteiger partial charge in [0.15, 0.2) is 0 Å². The smallest absolute Gasteiger partial charge is 0.331 e. The summed E-state index contributed by atoms with van der Waals surface area (Å²) in [7, 11) is 0. The minimum atomic E-state index is -0.340. The molecule has 28 heavy (non-hydrogen) atoms. The predicted molar refractivity (Wildman–Crippen MR) is 106 cm³/mol. The van der Waals surface area contributed by atoms with Crippen molar-refractivity contribution in [1.82, 2.24) is 0 Å². The highest BCUT2D eigenvalue weighted by molar-refractivity contribution is 5.96. The molecule has 0 saturated heterocycles. The normalized spacial score (nSPS) is 50.9. The van der Waals surface area contributed by atoms with Crippen LogP contribution in [0.1, 0.15) is 64.7 Å². The zero-order valence-electron chi connectivity index (χ0n) is 16.8. The molecule has 4 unspecified atom stereocenters. The monoisotopic (exact) mass is 381 g/mol. The number of ether oxygens (including phenoxy) is 1. The molecule has 0 aromatic carbocycles. The second-order valence-corrected chi connectivity index (χ2v) is 10.6. The molecule has 0 amide bonds. The van der Waals surface area contributed by atoms with Crippen molar-refractivity contribution >= 4 is 11.7 Å². The number of hydrogen-bond donors (Lipinski definition) is 1. The first-order chi connectivity index (χ1) is 13.5. The van der Waals surface area contributed by atoms with Crippen molar-refractivity contribution in [2.75, 3.05) is 0 Å². The van der Waals surface area contributed by atoms with Crippen LogP contribution >= 0.6 is 0 Å². The summed E-state index contributed by atoms with van der Waals surface area (Å²) in [6.45, 7) is 2.43. The molecule has 1 N–H and O–H groups in total. The van der Waals surface area contributed by atoms with E-state index >= 15 is 0 Å². The standard InChI is InChI=1S/C24H31NO3/c1-23-9-6-18-17-5-4-16(25-27)12-15(17)13-19(14-2-3-14)22(18)20(23)7-10-24(23)11-8-21(26)28-24/h8,11-12,14,17-20,22,27H,2-7,9-10,13H2,1H3/t17-,18?,19?,20?,22?,23-,24+/m0/s1. The van der Waals surface area contributed by atoms with Gasteiger partial charge in [-0.2, -0.15) is 0 Å². The van der Waals surface area contributed by atoms with Crippen LogP contribution in [0.4, 0.5) is 0 Å². The van der Waals surface area contributed by atoms with Crippen LogP contribution in [-0.4, -0.2) is 22.5 Å². The summed E-state index contributed by atoms with van der Waals surface area (Å²) >= 11 is 0. The first-order valence-corrected chi connectivity index (χ1v) is 11.4.